The second-order valence-corrected chi connectivity index (χ2v) is 6.28. The van der Waals surface area contributed by atoms with E-state index in [2.05, 4.69) is 5.32 Å². The number of carbonyl (C=O) groups excluding carboxylic acids is 1. The summed E-state index contributed by atoms with van der Waals surface area (Å²) in [5, 5.41) is 12.5. The Hall–Kier alpha value is -3.26. The summed E-state index contributed by atoms with van der Waals surface area (Å²) in [7, 11) is -2.68. The van der Waals surface area contributed by atoms with E-state index in [1.165, 1.54) is 35.7 Å². The Balaban J connectivity index is 1.89. The number of thiophene rings is 1. The van der Waals surface area contributed by atoms with Crippen molar-refractivity contribution >= 4 is 28.9 Å². The molecule has 0 aliphatic rings. The molecule has 0 fully saturated rings. The van der Waals surface area contributed by atoms with Crippen LogP contribution in [0.5, 0.6) is 5.75 Å². The molecule has 1 heterocycles. The number of hydrogen-bond donors (Lipinski definition) is 2. The van der Waals surface area contributed by atoms with Crippen molar-refractivity contribution in [2.45, 2.75) is 0 Å². The van der Waals surface area contributed by atoms with Crippen LogP contribution in [-0.4, -0.2) is 24.0 Å². The molecule has 8 heteroatoms. The van der Waals surface area contributed by atoms with Crippen LogP contribution in [0.3, 0.4) is 0 Å². The molecule has 2 aromatic carbocycles. The van der Waals surface area contributed by atoms with Gasteiger partial charge in [-0.25, -0.2) is 13.6 Å². The molecule has 0 saturated carbocycles. The Labute approximate surface area is 161 Å². The number of carboxylic acid groups (broad SMARTS) is 1. The molecule has 3 aromatic rings. The fraction of sp³-hybridized carbons (Fsp3) is 0.0526. The van der Waals surface area contributed by atoms with Gasteiger partial charge in [-0.2, -0.15) is 0 Å². The molecule has 1 amide bonds. The minimum atomic E-state index is -2.68. The highest BCUT2D eigenvalue weighted by Gasteiger charge is 2.21. The van der Waals surface area contributed by atoms with Crippen molar-refractivity contribution in [2.24, 2.45) is 0 Å². The Morgan fingerprint density at radius 1 is 1.15 bits per heavy atom. The molecule has 138 valence electrons. The fourth-order valence-corrected chi connectivity index (χ4v) is 3.16. The molecule has 0 unspecified atom stereocenters. The van der Waals surface area contributed by atoms with Crippen LogP contribution in [0.25, 0.3) is 11.1 Å². The number of anilines is 1. The van der Waals surface area contributed by atoms with Crippen LogP contribution in [0.4, 0.5) is 14.5 Å². The Kier molecular flexibility index (Phi) is 4.15. The lowest BCUT2D eigenvalue weighted by Gasteiger charge is -2.11. The van der Waals surface area contributed by atoms with Crippen LogP contribution in [0, 0.1) is 11.6 Å². The molecule has 3 rings (SSSR count). The monoisotopic (exact) mass is 392 g/mol. The summed E-state index contributed by atoms with van der Waals surface area (Å²) in [5.74, 6) is -4.48. The highest BCUT2D eigenvalue weighted by Crippen LogP contribution is 2.30. The summed E-state index contributed by atoms with van der Waals surface area (Å²) < 4.78 is 55.2. The number of aromatic carboxylic acids is 1. The number of carboxylic acids is 1. The van der Waals surface area contributed by atoms with E-state index in [1.54, 1.807) is 0 Å². The highest BCUT2D eigenvalue weighted by atomic mass is 32.1. The average Bonchev–Trinajstić information content (AvgIpc) is 3.13. The van der Waals surface area contributed by atoms with Gasteiger partial charge in [-0.15, -0.1) is 11.3 Å². The van der Waals surface area contributed by atoms with E-state index in [-0.39, 0.29) is 21.8 Å². The van der Waals surface area contributed by atoms with Gasteiger partial charge < -0.3 is 15.2 Å². The van der Waals surface area contributed by atoms with Gasteiger partial charge in [0.1, 0.15) is 27.9 Å². The second kappa shape index (κ2) is 7.55. The molecule has 0 radical (unpaired) electrons. The maximum Gasteiger partial charge on any atom is 0.346 e. The van der Waals surface area contributed by atoms with Crippen molar-refractivity contribution in [1.82, 2.24) is 0 Å². The maximum absolute atomic E-state index is 14.5. The van der Waals surface area contributed by atoms with Gasteiger partial charge in [0, 0.05) is 0 Å². The van der Waals surface area contributed by atoms with Crippen LogP contribution in [-0.2, 0) is 0 Å². The third kappa shape index (κ3) is 3.80. The largest absolute Gasteiger partial charge is 0.497 e. The van der Waals surface area contributed by atoms with Gasteiger partial charge in [-0.1, -0.05) is 12.1 Å². The standard InChI is InChI=1S/C19H13F2NO4S/c1-26-12-4-2-3-10(7-12)11-8-14(20)16(15(21)9-11)22-18(23)13-5-6-27-17(13)19(24)25/h2-9H,1H3,(H,22,23)(H,24,25)/i1D3. The number of amides is 1. The Morgan fingerprint density at radius 3 is 2.56 bits per heavy atom. The smallest absolute Gasteiger partial charge is 0.346 e. The molecule has 27 heavy (non-hydrogen) atoms. The third-order valence-electron chi connectivity index (χ3n) is 3.67. The number of methoxy groups -OCH3 is 1. The average molecular weight is 392 g/mol. The minimum Gasteiger partial charge on any atom is -0.497 e. The zero-order valence-electron chi connectivity index (χ0n) is 16.5. The zero-order valence-corrected chi connectivity index (χ0v) is 14.3. The summed E-state index contributed by atoms with van der Waals surface area (Å²) in [6, 6.07) is 8.82. The number of halogens is 2. The first kappa shape index (κ1) is 14.9. The van der Waals surface area contributed by atoms with E-state index in [4.69, 9.17) is 14.0 Å². The second-order valence-electron chi connectivity index (χ2n) is 5.37. The van der Waals surface area contributed by atoms with Crippen molar-refractivity contribution in [3.8, 4) is 16.9 Å². The van der Waals surface area contributed by atoms with Crippen LogP contribution < -0.4 is 10.1 Å². The first-order valence-corrected chi connectivity index (χ1v) is 8.34. The SMILES string of the molecule is [2H]C([2H])([2H])Oc1cccc(-c2cc(F)c(NC(=O)c3ccsc3C(=O)O)c(F)c2)c1. The number of carbonyl (C=O) groups is 2. The summed E-state index contributed by atoms with van der Waals surface area (Å²) in [6.45, 7) is 0. The number of benzene rings is 2. The Bertz CT molecular complexity index is 1110. The van der Waals surface area contributed by atoms with E-state index >= 15 is 0 Å². The summed E-state index contributed by atoms with van der Waals surface area (Å²) in [4.78, 5) is 23.1. The van der Waals surface area contributed by atoms with Crippen LogP contribution in [0.15, 0.2) is 47.8 Å². The predicted molar refractivity (Wildman–Crippen MR) is 97.6 cm³/mol. The molecule has 0 atom stereocenters. The predicted octanol–water partition coefficient (Wildman–Crippen LogP) is 4.65. The molecular formula is C19H13F2NO4S. The summed E-state index contributed by atoms with van der Waals surface area (Å²) in [5.41, 5.74) is -0.578. The Morgan fingerprint density at radius 2 is 1.89 bits per heavy atom. The van der Waals surface area contributed by atoms with Gasteiger partial charge in [0.05, 0.1) is 16.7 Å². The van der Waals surface area contributed by atoms with E-state index in [0.29, 0.717) is 5.56 Å². The zero-order chi connectivity index (χ0) is 22.1. The number of nitrogens with one attached hydrogen (secondary N) is 1. The van der Waals surface area contributed by atoms with Crippen molar-refractivity contribution in [3.63, 3.8) is 0 Å². The van der Waals surface area contributed by atoms with Gasteiger partial charge in [-0.3, -0.25) is 4.79 Å². The summed E-state index contributed by atoms with van der Waals surface area (Å²) in [6.07, 6.45) is 0. The topological polar surface area (TPSA) is 75.6 Å². The van der Waals surface area contributed by atoms with Gasteiger partial charge in [0.2, 0.25) is 0 Å². The molecular weight excluding hydrogens is 376 g/mol. The van der Waals surface area contributed by atoms with Crippen molar-refractivity contribution < 1.29 is 32.3 Å². The molecule has 5 nitrogen and oxygen atoms in total. The normalized spacial score (nSPS) is 12.6. The maximum atomic E-state index is 14.5. The van der Waals surface area contributed by atoms with E-state index in [0.717, 1.165) is 23.5 Å². The highest BCUT2D eigenvalue weighted by molar-refractivity contribution is 7.12. The van der Waals surface area contributed by atoms with Gasteiger partial charge in [-0.05, 0) is 46.8 Å². The summed E-state index contributed by atoms with van der Waals surface area (Å²) >= 11 is 0.810. The molecule has 0 saturated heterocycles. The lowest BCUT2D eigenvalue weighted by Crippen LogP contribution is -2.16. The number of hydrogen-bond acceptors (Lipinski definition) is 4. The lowest BCUT2D eigenvalue weighted by molar-refractivity contribution is 0.0698. The van der Waals surface area contributed by atoms with Crippen molar-refractivity contribution in [3.05, 3.63) is 69.9 Å². The van der Waals surface area contributed by atoms with Crippen molar-refractivity contribution in [1.29, 1.82) is 0 Å². The van der Waals surface area contributed by atoms with E-state index in [1.807, 2.05) is 0 Å². The first-order chi connectivity index (χ1) is 14.0. The van der Waals surface area contributed by atoms with E-state index < -0.39 is 36.2 Å². The van der Waals surface area contributed by atoms with Crippen LogP contribution >= 0.6 is 11.3 Å². The molecule has 0 bridgehead atoms. The fourth-order valence-electron chi connectivity index (χ4n) is 2.43. The number of rotatable bonds is 5. The first-order valence-electron chi connectivity index (χ1n) is 8.96. The number of ether oxygens (including phenoxy) is 1. The molecule has 0 aliphatic heterocycles. The van der Waals surface area contributed by atoms with Gasteiger partial charge in [0.15, 0.2) is 0 Å². The van der Waals surface area contributed by atoms with E-state index in [9.17, 15) is 18.4 Å². The molecule has 0 spiro atoms. The molecule has 2 N–H and O–H groups in total. The molecule has 1 aromatic heterocycles. The van der Waals surface area contributed by atoms with Crippen LogP contribution in [0.2, 0.25) is 0 Å². The van der Waals surface area contributed by atoms with Gasteiger partial charge >= 0.3 is 5.97 Å². The van der Waals surface area contributed by atoms with Crippen molar-refractivity contribution in [2.75, 3.05) is 12.4 Å². The third-order valence-corrected chi connectivity index (χ3v) is 4.57. The molecule has 0 aliphatic carbocycles. The quantitative estimate of drug-likeness (QED) is 0.663. The van der Waals surface area contributed by atoms with Crippen LogP contribution in [0.1, 0.15) is 24.1 Å². The van der Waals surface area contributed by atoms with Gasteiger partial charge in [0.25, 0.3) is 5.91 Å². The lowest BCUT2D eigenvalue weighted by atomic mass is 10.0. The minimum absolute atomic E-state index is 0.00986.